The van der Waals surface area contributed by atoms with Gasteiger partial charge < -0.3 is 19.8 Å². The summed E-state index contributed by atoms with van der Waals surface area (Å²) in [6.07, 6.45) is 7.49. The first-order chi connectivity index (χ1) is 17.3. The summed E-state index contributed by atoms with van der Waals surface area (Å²) in [6, 6.07) is 11.2. The van der Waals surface area contributed by atoms with Gasteiger partial charge in [-0.25, -0.2) is 0 Å². The number of phenols is 1. The molecule has 1 spiro atoms. The zero-order valence-corrected chi connectivity index (χ0v) is 21.9. The molecule has 188 valence electrons. The Balaban J connectivity index is 1.38. The number of amides is 1. The van der Waals surface area contributed by atoms with Crippen LogP contribution < -0.4 is 4.74 Å². The van der Waals surface area contributed by atoms with Crippen LogP contribution >= 0.6 is 15.9 Å². The summed E-state index contributed by atoms with van der Waals surface area (Å²) in [5.41, 5.74) is 1.35. The second-order valence-corrected chi connectivity index (χ2v) is 11.5. The maximum absolute atomic E-state index is 13.3. The first-order valence-electron chi connectivity index (χ1n) is 12.6. The molecule has 6 nitrogen and oxygen atoms in total. The van der Waals surface area contributed by atoms with Gasteiger partial charge >= 0.3 is 0 Å². The number of phenolic OH excluding ortho intramolecular Hbond substituents is 1. The van der Waals surface area contributed by atoms with Crippen LogP contribution in [-0.4, -0.2) is 69.8 Å². The summed E-state index contributed by atoms with van der Waals surface area (Å²) < 4.78 is 7.52. The molecule has 2 aliphatic heterocycles. The highest BCUT2D eigenvalue weighted by molar-refractivity contribution is 9.10. The predicted octanol–water partition coefficient (Wildman–Crippen LogP) is 4.04. The minimum atomic E-state index is -1.00. The predicted molar refractivity (Wildman–Crippen MR) is 142 cm³/mol. The first kappa shape index (κ1) is 23.8. The number of aromatic hydroxyl groups is 1. The van der Waals surface area contributed by atoms with E-state index in [-0.39, 0.29) is 23.7 Å². The molecule has 1 amide bonds. The van der Waals surface area contributed by atoms with E-state index in [4.69, 9.17) is 4.74 Å². The Morgan fingerprint density at radius 3 is 2.94 bits per heavy atom. The molecule has 6 rings (SSSR count). The van der Waals surface area contributed by atoms with E-state index in [1.165, 1.54) is 0 Å². The van der Waals surface area contributed by atoms with Gasteiger partial charge in [0, 0.05) is 35.7 Å². The lowest BCUT2D eigenvalue weighted by Gasteiger charge is -2.64. The summed E-state index contributed by atoms with van der Waals surface area (Å²) in [5, 5.41) is 23.2. The topological polar surface area (TPSA) is 73.2 Å². The third-order valence-corrected chi connectivity index (χ3v) is 9.51. The highest BCUT2D eigenvalue weighted by Crippen LogP contribution is 2.65. The van der Waals surface area contributed by atoms with Crippen LogP contribution in [0.5, 0.6) is 11.5 Å². The molecular weight excluding hydrogens is 520 g/mol. The number of piperidine rings is 1. The average molecular weight is 551 g/mol. The van der Waals surface area contributed by atoms with Crippen molar-refractivity contribution < 1.29 is 19.7 Å². The molecule has 1 saturated heterocycles. The molecule has 2 aliphatic carbocycles. The van der Waals surface area contributed by atoms with Crippen LogP contribution in [0.4, 0.5) is 0 Å². The van der Waals surface area contributed by atoms with E-state index in [0.717, 1.165) is 34.3 Å². The number of benzene rings is 2. The van der Waals surface area contributed by atoms with Crippen LogP contribution in [0.1, 0.15) is 36.0 Å². The number of likely N-dealkylation sites (N-methyl/N-ethyl adjacent to an activating group) is 1. The Kier molecular flexibility index (Phi) is 5.59. The van der Waals surface area contributed by atoms with Crippen molar-refractivity contribution in [1.82, 2.24) is 9.80 Å². The largest absolute Gasteiger partial charge is 0.504 e. The molecule has 0 radical (unpaired) electrons. The standard InChI is InChI=1S/C29H31BrN2O4/c1-3-14-32-15-13-28-25-19-8-9-22(33)26(25)36-27(28)21(11-12-29(28,35)23(32)17-19)31(2)24(34)10-7-18-5-4-6-20(30)16-18/h3-10,16,21,23,27,33,35H,1,11-15,17H2,2H3/t21-,23-,27+,28+,29-/m1/s1. The van der Waals surface area contributed by atoms with Gasteiger partial charge in [0.1, 0.15) is 6.10 Å². The van der Waals surface area contributed by atoms with Crippen molar-refractivity contribution in [2.75, 3.05) is 20.1 Å². The van der Waals surface area contributed by atoms with E-state index >= 15 is 0 Å². The molecule has 0 unspecified atom stereocenters. The van der Waals surface area contributed by atoms with E-state index < -0.39 is 17.1 Å². The van der Waals surface area contributed by atoms with Crippen LogP contribution in [0.3, 0.4) is 0 Å². The van der Waals surface area contributed by atoms with Crippen molar-refractivity contribution in [2.24, 2.45) is 0 Å². The first-order valence-corrected chi connectivity index (χ1v) is 13.4. The van der Waals surface area contributed by atoms with Gasteiger partial charge in [-0.05, 0) is 67.6 Å². The van der Waals surface area contributed by atoms with Gasteiger partial charge in [0.15, 0.2) is 11.5 Å². The van der Waals surface area contributed by atoms with E-state index in [1.807, 2.05) is 49.5 Å². The summed E-state index contributed by atoms with van der Waals surface area (Å²) in [5.74, 6) is 0.486. The highest BCUT2D eigenvalue weighted by atomic mass is 79.9. The van der Waals surface area contributed by atoms with Crippen LogP contribution in [-0.2, 0) is 16.6 Å². The minimum absolute atomic E-state index is 0.0586. The van der Waals surface area contributed by atoms with E-state index in [2.05, 4.69) is 27.4 Å². The number of hydrogen-bond acceptors (Lipinski definition) is 5. The minimum Gasteiger partial charge on any atom is -0.504 e. The Labute approximate surface area is 220 Å². The van der Waals surface area contributed by atoms with Gasteiger partial charge in [-0.2, -0.15) is 0 Å². The number of rotatable bonds is 5. The van der Waals surface area contributed by atoms with Gasteiger partial charge in [-0.15, -0.1) is 6.58 Å². The van der Waals surface area contributed by atoms with Crippen LogP contribution in [0.15, 0.2) is 59.6 Å². The average Bonchev–Trinajstić information content (AvgIpc) is 3.21. The quantitative estimate of drug-likeness (QED) is 0.434. The van der Waals surface area contributed by atoms with Crippen molar-refractivity contribution in [3.05, 3.63) is 76.3 Å². The molecule has 2 aromatic rings. The number of ether oxygens (including phenoxy) is 1. The Morgan fingerprint density at radius 1 is 1.33 bits per heavy atom. The van der Waals surface area contributed by atoms with Gasteiger partial charge in [0.25, 0.3) is 0 Å². The number of nitrogens with zero attached hydrogens (tertiary/aromatic N) is 2. The van der Waals surface area contributed by atoms with Crippen molar-refractivity contribution in [3.63, 3.8) is 0 Å². The zero-order valence-electron chi connectivity index (χ0n) is 20.4. The normalized spacial score (nSPS) is 32.1. The third kappa shape index (κ3) is 3.19. The van der Waals surface area contributed by atoms with Crippen LogP contribution in [0.2, 0.25) is 0 Å². The second-order valence-electron chi connectivity index (χ2n) is 10.6. The molecule has 0 aromatic heterocycles. The number of hydrogen-bond donors (Lipinski definition) is 2. The summed E-state index contributed by atoms with van der Waals surface area (Å²) in [4.78, 5) is 17.4. The van der Waals surface area contributed by atoms with E-state index in [9.17, 15) is 15.0 Å². The fraction of sp³-hybridized carbons (Fsp3) is 0.414. The number of likely N-dealkylation sites (tertiary alicyclic amines) is 1. The van der Waals surface area contributed by atoms with Crippen molar-refractivity contribution in [1.29, 1.82) is 0 Å². The van der Waals surface area contributed by atoms with E-state index in [0.29, 0.717) is 31.4 Å². The molecule has 7 heteroatoms. The second kappa shape index (κ2) is 8.47. The molecule has 36 heavy (non-hydrogen) atoms. The number of carbonyl (C=O) groups excluding carboxylic acids is 1. The maximum atomic E-state index is 13.3. The Bertz CT molecular complexity index is 1280. The van der Waals surface area contributed by atoms with Crippen molar-refractivity contribution in [3.8, 4) is 11.5 Å². The Hall–Kier alpha value is -2.61. The summed E-state index contributed by atoms with van der Waals surface area (Å²) in [6.45, 7) is 5.46. The Morgan fingerprint density at radius 2 is 2.17 bits per heavy atom. The van der Waals surface area contributed by atoms with Crippen LogP contribution in [0.25, 0.3) is 6.08 Å². The van der Waals surface area contributed by atoms with Crippen LogP contribution in [0, 0.1) is 0 Å². The SMILES string of the molecule is C=CCN1CC[C@]23c4c5ccc(O)c4O[C@H]2[C@H](N(C)C(=O)C=Cc2cccc(Br)c2)CC[C@@]3(O)[C@H]1C5. The van der Waals surface area contributed by atoms with Crippen molar-refractivity contribution >= 4 is 27.9 Å². The number of carbonyl (C=O) groups is 1. The molecule has 5 atom stereocenters. The molecule has 2 bridgehead atoms. The number of halogens is 1. The zero-order chi connectivity index (χ0) is 25.2. The monoisotopic (exact) mass is 550 g/mol. The number of aliphatic hydroxyl groups is 1. The fourth-order valence-corrected chi connectivity index (χ4v) is 7.86. The van der Waals surface area contributed by atoms with E-state index in [1.54, 1.807) is 17.0 Å². The summed E-state index contributed by atoms with van der Waals surface area (Å²) in [7, 11) is 1.82. The lowest BCUT2D eigenvalue weighted by molar-refractivity contribution is -0.198. The molecule has 2 aromatic carbocycles. The smallest absolute Gasteiger partial charge is 0.246 e. The lowest BCUT2D eigenvalue weighted by Crippen LogP contribution is -2.78. The molecule has 1 saturated carbocycles. The molecule has 4 aliphatic rings. The molecule has 2 fully saturated rings. The van der Waals surface area contributed by atoms with Gasteiger partial charge in [0.05, 0.1) is 17.1 Å². The molecule has 2 N–H and O–H groups in total. The fourth-order valence-electron chi connectivity index (χ4n) is 7.44. The highest BCUT2D eigenvalue weighted by Gasteiger charge is 2.73. The lowest BCUT2D eigenvalue weighted by atomic mass is 9.48. The molecular formula is C29H31BrN2O4. The van der Waals surface area contributed by atoms with Crippen molar-refractivity contribution in [2.45, 2.75) is 54.9 Å². The summed E-state index contributed by atoms with van der Waals surface area (Å²) >= 11 is 3.47. The molecule has 2 heterocycles. The van der Waals surface area contributed by atoms with Gasteiger partial charge in [-0.1, -0.05) is 40.2 Å². The third-order valence-electron chi connectivity index (χ3n) is 9.02. The maximum Gasteiger partial charge on any atom is 0.246 e. The van der Waals surface area contributed by atoms with Gasteiger partial charge in [0.2, 0.25) is 5.91 Å². The van der Waals surface area contributed by atoms with Gasteiger partial charge in [-0.3, -0.25) is 9.69 Å².